The van der Waals surface area contributed by atoms with Crippen molar-refractivity contribution in [3.05, 3.63) is 11.1 Å². The van der Waals surface area contributed by atoms with E-state index in [0.717, 1.165) is 17.2 Å². The van der Waals surface area contributed by atoms with Crippen LogP contribution < -0.4 is 5.32 Å². The second-order valence-corrected chi connectivity index (χ2v) is 5.51. The Kier molecular flexibility index (Phi) is 3.66. The smallest absolute Gasteiger partial charge is 0.303 e. The molecule has 4 nitrogen and oxygen atoms in total. The lowest BCUT2D eigenvalue weighted by Crippen LogP contribution is -2.44. The molecule has 1 saturated carbocycles. The molecule has 0 bridgehead atoms. The molecular formula is C12H18N2O2S. The first kappa shape index (κ1) is 12.4. The lowest BCUT2D eigenvalue weighted by atomic mass is 9.75. The van der Waals surface area contributed by atoms with Gasteiger partial charge in [-0.3, -0.25) is 4.79 Å². The van der Waals surface area contributed by atoms with Gasteiger partial charge >= 0.3 is 5.97 Å². The molecule has 1 aliphatic rings. The topological polar surface area (TPSA) is 62.2 Å². The minimum Gasteiger partial charge on any atom is -0.481 e. The number of hydrogen-bond donors (Lipinski definition) is 2. The van der Waals surface area contributed by atoms with E-state index < -0.39 is 5.97 Å². The van der Waals surface area contributed by atoms with E-state index >= 15 is 0 Å². The van der Waals surface area contributed by atoms with Crippen LogP contribution in [0.2, 0.25) is 0 Å². The number of nitrogens with one attached hydrogen (secondary N) is 1. The van der Waals surface area contributed by atoms with Crippen LogP contribution in [0.1, 0.15) is 44.7 Å². The van der Waals surface area contributed by atoms with Gasteiger partial charge in [-0.1, -0.05) is 6.92 Å². The average molecular weight is 254 g/mol. The number of thiazole rings is 1. The number of carbonyl (C=O) groups is 1. The third-order valence-corrected chi connectivity index (χ3v) is 4.31. The maximum absolute atomic E-state index is 10.5. The van der Waals surface area contributed by atoms with Gasteiger partial charge in [0.15, 0.2) is 5.13 Å². The van der Waals surface area contributed by atoms with Crippen LogP contribution in [0.25, 0.3) is 0 Å². The lowest BCUT2D eigenvalue weighted by molar-refractivity contribution is -0.136. The maximum atomic E-state index is 10.5. The molecule has 0 spiro atoms. The van der Waals surface area contributed by atoms with Crippen molar-refractivity contribution in [2.75, 3.05) is 5.32 Å². The van der Waals surface area contributed by atoms with Gasteiger partial charge in [0.25, 0.3) is 0 Å². The van der Waals surface area contributed by atoms with Crippen LogP contribution in [0.4, 0.5) is 5.13 Å². The summed E-state index contributed by atoms with van der Waals surface area (Å²) in [5.41, 5.74) is 1.13. The first-order valence-electron chi connectivity index (χ1n) is 6.08. The van der Waals surface area contributed by atoms with E-state index in [1.165, 1.54) is 19.3 Å². The summed E-state index contributed by atoms with van der Waals surface area (Å²) < 4.78 is 0. The van der Waals surface area contributed by atoms with Gasteiger partial charge < -0.3 is 10.4 Å². The largest absolute Gasteiger partial charge is 0.481 e. The van der Waals surface area contributed by atoms with Crippen LogP contribution in [0.15, 0.2) is 5.38 Å². The molecule has 0 unspecified atom stereocenters. The Morgan fingerprint density at radius 1 is 1.65 bits per heavy atom. The summed E-state index contributed by atoms with van der Waals surface area (Å²) in [4.78, 5) is 14.9. The summed E-state index contributed by atoms with van der Waals surface area (Å²) in [6.07, 6.45) is 5.52. The van der Waals surface area contributed by atoms with Gasteiger partial charge in [0.1, 0.15) is 0 Å². The van der Waals surface area contributed by atoms with Gasteiger partial charge in [0.2, 0.25) is 0 Å². The zero-order valence-corrected chi connectivity index (χ0v) is 10.8. The zero-order chi connectivity index (χ0) is 12.3. The predicted octanol–water partition coefficient (Wildman–Crippen LogP) is 2.90. The van der Waals surface area contributed by atoms with Gasteiger partial charge in [-0.25, -0.2) is 4.98 Å². The molecule has 0 aromatic carbocycles. The fraction of sp³-hybridized carbons (Fsp3) is 0.667. The quantitative estimate of drug-likeness (QED) is 0.819. The summed E-state index contributed by atoms with van der Waals surface area (Å²) >= 11 is 1.58. The number of hydrogen-bond acceptors (Lipinski definition) is 4. The Labute approximate surface area is 105 Å². The van der Waals surface area contributed by atoms with E-state index in [4.69, 9.17) is 5.11 Å². The molecule has 0 atom stereocenters. The van der Waals surface area contributed by atoms with Gasteiger partial charge in [0.05, 0.1) is 12.1 Å². The molecule has 17 heavy (non-hydrogen) atoms. The van der Waals surface area contributed by atoms with Crippen molar-refractivity contribution in [1.82, 2.24) is 4.98 Å². The van der Waals surface area contributed by atoms with Crippen molar-refractivity contribution in [3.63, 3.8) is 0 Å². The molecule has 1 fully saturated rings. The molecule has 0 radical (unpaired) electrons. The van der Waals surface area contributed by atoms with Crippen LogP contribution in [-0.2, 0) is 11.2 Å². The number of anilines is 1. The van der Waals surface area contributed by atoms with Crippen LogP contribution in [0.3, 0.4) is 0 Å². The second kappa shape index (κ2) is 5.04. The van der Waals surface area contributed by atoms with Crippen molar-refractivity contribution in [1.29, 1.82) is 0 Å². The molecule has 0 aliphatic heterocycles. The molecule has 1 aliphatic carbocycles. The Bertz CT molecular complexity index is 393. The van der Waals surface area contributed by atoms with E-state index in [9.17, 15) is 4.79 Å². The van der Waals surface area contributed by atoms with Crippen LogP contribution in [-0.4, -0.2) is 21.6 Å². The van der Waals surface area contributed by atoms with Crippen molar-refractivity contribution in [3.8, 4) is 0 Å². The van der Waals surface area contributed by atoms with Crippen LogP contribution >= 0.6 is 11.3 Å². The average Bonchev–Trinajstić information content (AvgIpc) is 2.68. The molecule has 1 heterocycles. The Morgan fingerprint density at radius 2 is 2.41 bits per heavy atom. The first-order valence-corrected chi connectivity index (χ1v) is 6.96. The molecule has 94 valence electrons. The van der Waals surface area contributed by atoms with Crippen molar-refractivity contribution in [2.24, 2.45) is 0 Å². The van der Waals surface area contributed by atoms with Crippen molar-refractivity contribution >= 4 is 22.4 Å². The number of carboxylic acid groups (broad SMARTS) is 1. The highest BCUT2D eigenvalue weighted by Gasteiger charge is 2.35. The molecular weight excluding hydrogens is 236 g/mol. The van der Waals surface area contributed by atoms with Crippen LogP contribution in [0, 0.1) is 0 Å². The number of carboxylic acids is 1. The van der Waals surface area contributed by atoms with Gasteiger partial charge in [-0.2, -0.15) is 0 Å². The van der Waals surface area contributed by atoms with E-state index in [-0.39, 0.29) is 12.0 Å². The van der Waals surface area contributed by atoms with Crippen LogP contribution in [0.5, 0.6) is 0 Å². The highest BCUT2D eigenvalue weighted by molar-refractivity contribution is 7.13. The maximum Gasteiger partial charge on any atom is 0.303 e. The normalized spacial score (nSPS) is 17.5. The Hall–Kier alpha value is -1.10. The molecule has 0 saturated heterocycles. The molecule has 2 rings (SSSR count). The number of aliphatic carboxylic acids is 1. The third-order valence-electron chi connectivity index (χ3n) is 3.51. The summed E-state index contributed by atoms with van der Waals surface area (Å²) in [5.74, 6) is -0.767. The van der Waals surface area contributed by atoms with Gasteiger partial charge in [0, 0.05) is 17.3 Å². The molecule has 2 N–H and O–H groups in total. The first-order chi connectivity index (χ1) is 8.13. The minimum absolute atomic E-state index is 0.155. The molecule has 1 aromatic heterocycles. The lowest BCUT2D eigenvalue weighted by Gasteiger charge is -2.41. The summed E-state index contributed by atoms with van der Waals surface area (Å²) in [6, 6.07) is 0. The SMILES string of the molecule is CCC1(Nc2nc(CCC(=O)O)cs2)CCC1. The highest BCUT2D eigenvalue weighted by atomic mass is 32.1. The van der Waals surface area contributed by atoms with Crippen molar-refractivity contribution < 1.29 is 9.90 Å². The number of nitrogens with zero attached hydrogens (tertiary/aromatic N) is 1. The fourth-order valence-corrected chi connectivity index (χ4v) is 2.98. The highest BCUT2D eigenvalue weighted by Crippen LogP contribution is 2.38. The number of aryl methyl sites for hydroxylation is 1. The molecule has 1 aromatic rings. The van der Waals surface area contributed by atoms with Crippen molar-refractivity contribution in [2.45, 2.75) is 51.0 Å². The monoisotopic (exact) mass is 254 g/mol. The minimum atomic E-state index is -0.767. The van der Waals surface area contributed by atoms with Gasteiger partial charge in [-0.05, 0) is 25.7 Å². The number of rotatable bonds is 6. The summed E-state index contributed by atoms with van der Waals surface area (Å²) in [6.45, 7) is 2.20. The van der Waals surface area contributed by atoms with E-state index in [0.29, 0.717) is 6.42 Å². The second-order valence-electron chi connectivity index (χ2n) is 4.65. The van der Waals surface area contributed by atoms with E-state index in [1.54, 1.807) is 11.3 Å². The Morgan fingerprint density at radius 3 is 2.94 bits per heavy atom. The Balaban J connectivity index is 1.91. The number of aromatic nitrogens is 1. The van der Waals surface area contributed by atoms with E-state index in [1.807, 2.05) is 5.38 Å². The van der Waals surface area contributed by atoms with E-state index in [2.05, 4.69) is 17.2 Å². The summed E-state index contributed by atoms with van der Waals surface area (Å²) in [7, 11) is 0. The zero-order valence-electron chi connectivity index (χ0n) is 10.0. The standard InChI is InChI=1S/C12H18N2O2S/c1-2-12(6-3-7-12)14-11-13-9(8-17-11)4-5-10(15)16/h8H,2-7H2,1H3,(H,13,14)(H,15,16). The third kappa shape index (κ3) is 2.97. The molecule has 5 heteroatoms. The van der Waals surface area contributed by atoms with Gasteiger partial charge in [-0.15, -0.1) is 11.3 Å². The predicted molar refractivity (Wildman–Crippen MR) is 68.6 cm³/mol. The fourth-order valence-electron chi connectivity index (χ4n) is 2.11. The molecule has 0 amide bonds. The summed E-state index contributed by atoms with van der Waals surface area (Å²) in [5, 5.41) is 15.0.